The zero-order valence-corrected chi connectivity index (χ0v) is 20.0. The van der Waals surface area contributed by atoms with Crippen molar-refractivity contribution in [2.45, 2.75) is 123 Å². The van der Waals surface area contributed by atoms with E-state index in [1.807, 2.05) is 0 Å². The van der Waals surface area contributed by atoms with Gasteiger partial charge in [0.15, 0.2) is 0 Å². The molecule has 2 aromatic rings. The molecule has 2 rings (SSSR count). The van der Waals surface area contributed by atoms with E-state index in [9.17, 15) is 0 Å². The Balaban J connectivity index is 1.83. The fourth-order valence-corrected chi connectivity index (χ4v) is 4.42. The molecule has 0 aliphatic heterocycles. The third-order valence-electron chi connectivity index (χ3n) is 6.30. The van der Waals surface area contributed by atoms with Gasteiger partial charge in [0, 0.05) is 6.42 Å². The second-order valence-electron chi connectivity index (χ2n) is 8.98. The number of hydrogen-bond donors (Lipinski definition) is 0. The SMILES string of the molecule is CCCCCCCCCc1n(CCCCCCC)cc[n+]1CCCc1ccccc1. The lowest BCUT2D eigenvalue weighted by atomic mass is 10.1. The highest BCUT2D eigenvalue weighted by Crippen LogP contribution is 2.12. The van der Waals surface area contributed by atoms with Gasteiger partial charge in [0.25, 0.3) is 5.82 Å². The second-order valence-corrected chi connectivity index (χ2v) is 8.98. The average Bonchev–Trinajstić information content (AvgIpc) is 3.15. The molecule has 1 aromatic carbocycles. The summed E-state index contributed by atoms with van der Waals surface area (Å²) in [7, 11) is 0. The van der Waals surface area contributed by atoms with E-state index in [1.54, 1.807) is 5.82 Å². The zero-order valence-electron chi connectivity index (χ0n) is 20.0. The van der Waals surface area contributed by atoms with Crippen LogP contribution in [0.1, 0.15) is 109 Å². The lowest BCUT2D eigenvalue weighted by Crippen LogP contribution is -2.37. The first-order valence-corrected chi connectivity index (χ1v) is 13.0. The lowest BCUT2D eigenvalue weighted by Gasteiger charge is -2.07. The van der Waals surface area contributed by atoms with Gasteiger partial charge in [-0.1, -0.05) is 102 Å². The molecule has 0 atom stereocenters. The maximum atomic E-state index is 2.56. The van der Waals surface area contributed by atoms with Gasteiger partial charge < -0.3 is 0 Å². The summed E-state index contributed by atoms with van der Waals surface area (Å²) >= 11 is 0. The second kappa shape index (κ2) is 16.2. The number of unbranched alkanes of at least 4 members (excludes halogenated alkanes) is 10. The molecule has 0 N–H and O–H groups in total. The van der Waals surface area contributed by atoms with Crippen molar-refractivity contribution in [2.24, 2.45) is 0 Å². The average molecular weight is 412 g/mol. The summed E-state index contributed by atoms with van der Waals surface area (Å²) in [6.45, 7) is 6.93. The minimum absolute atomic E-state index is 1.14. The van der Waals surface area contributed by atoms with Gasteiger partial charge in [0.2, 0.25) is 0 Å². The van der Waals surface area contributed by atoms with Gasteiger partial charge in [-0.25, -0.2) is 9.13 Å². The normalized spacial score (nSPS) is 11.3. The highest BCUT2D eigenvalue weighted by molar-refractivity contribution is 5.14. The van der Waals surface area contributed by atoms with Crippen LogP contribution in [-0.4, -0.2) is 4.57 Å². The topological polar surface area (TPSA) is 8.81 Å². The van der Waals surface area contributed by atoms with Gasteiger partial charge in [-0.15, -0.1) is 0 Å². The van der Waals surface area contributed by atoms with Crippen molar-refractivity contribution in [1.29, 1.82) is 0 Å². The monoisotopic (exact) mass is 411 g/mol. The number of imidazole rings is 1. The Morgan fingerprint density at radius 1 is 0.667 bits per heavy atom. The van der Waals surface area contributed by atoms with Crippen LogP contribution < -0.4 is 4.57 Å². The third kappa shape index (κ3) is 9.96. The Hall–Kier alpha value is -1.57. The van der Waals surface area contributed by atoms with E-state index < -0.39 is 0 Å². The molecular formula is C28H47N2+. The Kier molecular flexibility index (Phi) is 13.3. The van der Waals surface area contributed by atoms with Gasteiger partial charge in [0.05, 0.1) is 13.1 Å². The fourth-order valence-electron chi connectivity index (χ4n) is 4.42. The van der Waals surface area contributed by atoms with Gasteiger partial charge in [-0.2, -0.15) is 0 Å². The number of rotatable bonds is 18. The van der Waals surface area contributed by atoms with Crippen LogP contribution >= 0.6 is 0 Å². The molecular weight excluding hydrogens is 364 g/mol. The van der Waals surface area contributed by atoms with Crippen LogP contribution in [0.5, 0.6) is 0 Å². The Labute approximate surface area is 186 Å². The molecule has 1 heterocycles. The summed E-state index contributed by atoms with van der Waals surface area (Å²) in [4.78, 5) is 0. The van der Waals surface area contributed by atoms with E-state index in [1.165, 1.54) is 108 Å². The fraction of sp³-hybridized carbons (Fsp3) is 0.679. The maximum Gasteiger partial charge on any atom is 0.256 e. The molecule has 2 nitrogen and oxygen atoms in total. The van der Waals surface area contributed by atoms with Crippen molar-refractivity contribution in [3.8, 4) is 0 Å². The van der Waals surface area contributed by atoms with Gasteiger partial charge in [0.1, 0.15) is 12.4 Å². The highest BCUT2D eigenvalue weighted by atomic mass is 15.1. The standard InChI is InChI=1S/C28H47N2/c1-3-5-7-9-10-11-16-22-28-29(23-17-12-8-6-4-2)25-26-30(28)24-18-21-27-19-14-13-15-20-27/h13-15,19-20,25-26H,3-12,16-18,21-24H2,1-2H3/q+1. The van der Waals surface area contributed by atoms with E-state index in [0.717, 1.165) is 6.54 Å². The smallest absolute Gasteiger partial charge is 0.234 e. The molecule has 2 heteroatoms. The summed E-state index contributed by atoms with van der Waals surface area (Å²) in [5.74, 6) is 1.56. The minimum atomic E-state index is 1.14. The highest BCUT2D eigenvalue weighted by Gasteiger charge is 2.16. The molecule has 0 spiro atoms. The quantitative estimate of drug-likeness (QED) is 0.176. The van der Waals surface area contributed by atoms with Crippen LogP contribution in [0.2, 0.25) is 0 Å². The summed E-state index contributed by atoms with van der Waals surface area (Å²) in [5, 5.41) is 0. The summed E-state index contributed by atoms with van der Waals surface area (Å²) in [5.41, 5.74) is 1.46. The molecule has 0 unspecified atom stereocenters. The molecule has 0 fully saturated rings. The maximum absolute atomic E-state index is 2.56. The number of hydrogen-bond acceptors (Lipinski definition) is 0. The van der Waals surface area contributed by atoms with E-state index in [4.69, 9.17) is 0 Å². The predicted molar refractivity (Wildman–Crippen MR) is 130 cm³/mol. The molecule has 0 aliphatic rings. The van der Waals surface area contributed by atoms with Crippen LogP contribution in [0.4, 0.5) is 0 Å². The van der Waals surface area contributed by atoms with Crippen LogP contribution in [-0.2, 0) is 25.9 Å². The third-order valence-corrected chi connectivity index (χ3v) is 6.30. The first-order chi connectivity index (χ1) is 14.8. The lowest BCUT2D eigenvalue weighted by molar-refractivity contribution is -0.704. The summed E-state index contributed by atoms with van der Waals surface area (Å²) in [6, 6.07) is 10.9. The summed E-state index contributed by atoms with van der Waals surface area (Å²) < 4.78 is 5.11. The van der Waals surface area contributed by atoms with E-state index in [2.05, 4.69) is 65.7 Å². The van der Waals surface area contributed by atoms with E-state index in [-0.39, 0.29) is 0 Å². The van der Waals surface area contributed by atoms with Crippen molar-refractivity contribution in [3.05, 3.63) is 54.1 Å². The van der Waals surface area contributed by atoms with Gasteiger partial charge >= 0.3 is 0 Å². The van der Waals surface area contributed by atoms with Crippen molar-refractivity contribution >= 4 is 0 Å². The Morgan fingerprint density at radius 3 is 2.00 bits per heavy atom. The van der Waals surface area contributed by atoms with Crippen molar-refractivity contribution in [1.82, 2.24) is 4.57 Å². The number of aryl methyl sites for hydroxylation is 3. The Bertz CT molecular complexity index is 644. The van der Waals surface area contributed by atoms with Crippen molar-refractivity contribution in [2.75, 3.05) is 0 Å². The van der Waals surface area contributed by atoms with Crippen LogP contribution in [0, 0.1) is 0 Å². The molecule has 0 amide bonds. The Morgan fingerprint density at radius 2 is 1.30 bits per heavy atom. The van der Waals surface area contributed by atoms with E-state index in [0.29, 0.717) is 0 Å². The molecule has 1 aromatic heterocycles. The molecule has 0 bridgehead atoms. The van der Waals surface area contributed by atoms with Crippen molar-refractivity contribution in [3.63, 3.8) is 0 Å². The van der Waals surface area contributed by atoms with E-state index >= 15 is 0 Å². The molecule has 0 radical (unpaired) electrons. The van der Waals surface area contributed by atoms with Crippen LogP contribution in [0.15, 0.2) is 42.7 Å². The first kappa shape index (κ1) is 24.7. The number of benzene rings is 1. The summed E-state index contributed by atoms with van der Waals surface area (Å²) in [6.07, 6.45) is 24.8. The predicted octanol–water partition coefficient (Wildman–Crippen LogP) is 7.67. The molecule has 30 heavy (non-hydrogen) atoms. The minimum Gasteiger partial charge on any atom is -0.234 e. The van der Waals surface area contributed by atoms with Crippen molar-refractivity contribution < 1.29 is 4.57 Å². The van der Waals surface area contributed by atoms with Gasteiger partial charge in [-0.3, -0.25) is 0 Å². The number of nitrogens with zero attached hydrogens (tertiary/aromatic N) is 2. The van der Waals surface area contributed by atoms with Gasteiger partial charge in [-0.05, 0) is 37.7 Å². The number of aromatic nitrogens is 2. The van der Waals surface area contributed by atoms with Crippen LogP contribution in [0.25, 0.3) is 0 Å². The van der Waals surface area contributed by atoms with Crippen LogP contribution in [0.3, 0.4) is 0 Å². The largest absolute Gasteiger partial charge is 0.256 e. The first-order valence-electron chi connectivity index (χ1n) is 13.0. The molecule has 0 saturated heterocycles. The molecule has 0 aliphatic carbocycles. The zero-order chi connectivity index (χ0) is 21.3. The molecule has 0 saturated carbocycles. The molecule has 168 valence electrons.